The van der Waals surface area contributed by atoms with Crippen LogP contribution in [0.15, 0.2) is 0 Å². The predicted molar refractivity (Wildman–Crippen MR) is 87.2 cm³/mol. The number of hydrogen-bond acceptors (Lipinski definition) is 4. The van der Waals surface area contributed by atoms with Crippen molar-refractivity contribution in [3.05, 3.63) is 0 Å². The van der Waals surface area contributed by atoms with Crippen LogP contribution >= 0.6 is 0 Å². The number of nitrogens with one attached hydrogen (secondary N) is 1. The zero-order chi connectivity index (χ0) is 15.1. The lowest BCUT2D eigenvalue weighted by atomic mass is 9.97. The summed E-state index contributed by atoms with van der Waals surface area (Å²) in [5.41, 5.74) is -0.346. The fraction of sp³-hybridized carbons (Fsp3) is 0.941. The van der Waals surface area contributed by atoms with Gasteiger partial charge in [-0.15, -0.1) is 0 Å². The first-order valence-corrected chi connectivity index (χ1v) is 8.79. The van der Waals surface area contributed by atoms with Gasteiger partial charge in [0.05, 0.1) is 6.07 Å². The van der Waals surface area contributed by atoms with Crippen molar-refractivity contribution in [3.8, 4) is 6.07 Å². The monoisotopic (exact) mass is 292 g/mol. The van der Waals surface area contributed by atoms with Crippen LogP contribution in [0.2, 0.25) is 0 Å². The van der Waals surface area contributed by atoms with E-state index < -0.39 is 0 Å². The van der Waals surface area contributed by atoms with E-state index in [1.54, 1.807) is 0 Å². The van der Waals surface area contributed by atoms with Crippen molar-refractivity contribution in [2.75, 3.05) is 39.3 Å². The molecule has 0 spiro atoms. The maximum atomic E-state index is 9.38. The van der Waals surface area contributed by atoms with Crippen LogP contribution in [-0.2, 0) is 0 Å². The fourth-order valence-corrected chi connectivity index (χ4v) is 3.73. The molecule has 2 aliphatic heterocycles. The van der Waals surface area contributed by atoms with Crippen molar-refractivity contribution in [2.24, 2.45) is 0 Å². The summed E-state index contributed by atoms with van der Waals surface area (Å²) in [4.78, 5) is 5.32. The molecule has 2 saturated heterocycles. The second-order valence-corrected chi connectivity index (χ2v) is 6.96. The third kappa shape index (κ3) is 4.95. The summed E-state index contributed by atoms with van der Waals surface area (Å²) in [5.74, 6) is 0. The maximum Gasteiger partial charge on any atom is 0.103 e. The van der Waals surface area contributed by atoms with Crippen molar-refractivity contribution in [2.45, 2.75) is 64.0 Å². The smallest absolute Gasteiger partial charge is 0.103 e. The van der Waals surface area contributed by atoms with Crippen molar-refractivity contribution >= 4 is 0 Å². The number of nitrogens with zero attached hydrogens (tertiary/aromatic N) is 3. The number of nitriles is 1. The molecule has 21 heavy (non-hydrogen) atoms. The third-order valence-electron chi connectivity index (χ3n) is 5.05. The SMILES string of the molecule is CCCNC(C)(C#N)CCCN1CCCN2CCCC2C1. The summed E-state index contributed by atoms with van der Waals surface area (Å²) in [5, 5.41) is 12.8. The first-order chi connectivity index (χ1) is 10.2. The Kier molecular flexibility index (Phi) is 6.47. The van der Waals surface area contributed by atoms with Gasteiger partial charge in [0.1, 0.15) is 5.54 Å². The van der Waals surface area contributed by atoms with E-state index in [2.05, 4.69) is 28.1 Å². The van der Waals surface area contributed by atoms with Gasteiger partial charge in [0.2, 0.25) is 0 Å². The van der Waals surface area contributed by atoms with Crippen molar-refractivity contribution in [1.82, 2.24) is 15.1 Å². The van der Waals surface area contributed by atoms with Crippen LogP contribution in [-0.4, -0.2) is 60.6 Å². The lowest BCUT2D eigenvalue weighted by Crippen LogP contribution is -2.42. The molecule has 0 aliphatic carbocycles. The van der Waals surface area contributed by atoms with Gasteiger partial charge in [-0.05, 0) is 78.2 Å². The zero-order valence-corrected chi connectivity index (χ0v) is 13.9. The minimum atomic E-state index is -0.346. The van der Waals surface area contributed by atoms with Gasteiger partial charge in [-0.3, -0.25) is 10.2 Å². The van der Waals surface area contributed by atoms with Gasteiger partial charge in [-0.1, -0.05) is 6.92 Å². The molecule has 2 aliphatic rings. The second kappa shape index (κ2) is 8.12. The highest BCUT2D eigenvalue weighted by Crippen LogP contribution is 2.22. The molecule has 2 rings (SSSR count). The minimum Gasteiger partial charge on any atom is -0.302 e. The Bertz CT molecular complexity index is 351. The molecule has 0 amide bonds. The summed E-state index contributed by atoms with van der Waals surface area (Å²) in [6.07, 6.45) is 7.22. The van der Waals surface area contributed by atoms with Crippen LogP contribution < -0.4 is 5.32 Å². The highest BCUT2D eigenvalue weighted by atomic mass is 15.3. The van der Waals surface area contributed by atoms with E-state index in [1.807, 2.05) is 6.92 Å². The Labute approximate surface area is 130 Å². The molecule has 2 fully saturated rings. The molecular formula is C17H32N4. The molecule has 0 saturated carbocycles. The maximum absolute atomic E-state index is 9.38. The van der Waals surface area contributed by atoms with Crippen LogP contribution in [0.5, 0.6) is 0 Å². The second-order valence-electron chi connectivity index (χ2n) is 6.96. The van der Waals surface area contributed by atoms with E-state index in [9.17, 15) is 5.26 Å². The van der Waals surface area contributed by atoms with Gasteiger partial charge in [0, 0.05) is 12.6 Å². The van der Waals surface area contributed by atoms with Gasteiger partial charge in [0.15, 0.2) is 0 Å². The normalized spacial score (nSPS) is 26.8. The van der Waals surface area contributed by atoms with Crippen LogP contribution in [0.1, 0.15) is 52.4 Å². The fourth-order valence-electron chi connectivity index (χ4n) is 3.73. The van der Waals surface area contributed by atoms with Crippen molar-refractivity contribution < 1.29 is 0 Å². The molecule has 0 aromatic rings. The Morgan fingerprint density at radius 2 is 2.10 bits per heavy atom. The lowest BCUT2D eigenvalue weighted by Gasteiger charge is -2.27. The molecular weight excluding hydrogens is 260 g/mol. The van der Waals surface area contributed by atoms with E-state index >= 15 is 0 Å². The predicted octanol–water partition coefficient (Wildman–Crippen LogP) is 2.22. The molecule has 2 atom stereocenters. The summed E-state index contributed by atoms with van der Waals surface area (Å²) in [7, 11) is 0. The molecule has 0 radical (unpaired) electrons. The van der Waals surface area contributed by atoms with Gasteiger partial charge < -0.3 is 4.90 Å². The van der Waals surface area contributed by atoms with Crippen molar-refractivity contribution in [3.63, 3.8) is 0 Å². The number of rotatable bonds is 7. The minimum absolute atomic E-state index is 0.346. The first-order valence-electron chi connectivity index (χ1n) is 8.79. The highest BCUT2D eigenvalue weighted by Gasteiger charge is 2.29. The van der Waals surface area contributed by atoms with E-state index in [0.717, 1.165) is 38.4 Å². The Hall–Kier alpha value is -0.630. The van der Waals surface area contributed by atoms with Crippen LogP contribution in [0.3, 0.4) is 0 Å². The summed E-state index contributed by atoms with van der Waals surface area (Å²) in [6, 6.07) is 3.26. The molecule has 120 valence electrons. The Morgan fingerprint density at radius 3 is 2.86 bits per heavy atom. The van der Waals surface area contributed by atoms with Gasteiger partial charge in [-0.2, -0.15) is 5.26 Å². The zero-order valence-electron chi connectivity index (χ0n) is 13.9. The van der Waals surface area contributed by atoms with E-state index in [1.165, 1.54) is 45.4 Å². The topological polar surface area (TPSA) is 42.3 Å². The Balaban J connectivity index is 1.73. The molecule has 4 heteroatoms. The standard InChI is InChI=1S/C17H32N4/c1-3-9-19-17(2,15-18)8-5-10-20-11-6-13-21-12-4-7-16(21)14-20/h16,19H,3-14H2,1-2H3. The summed E-state index contributed by atoms with van der Waals surface area (Å²) in [6.45, 7) is 11.4. The molecule has 2 unspecified atom stereocenters. The van der Waals surface area contributed by atoms with Crippen LogP contribution in [0.4, 0.5) is 0 Å². The first kappa shape index (κ1) is 16.7. The lowest BCUT2D eigenvalue weighted by molar-refractivity contribution is 0.214. The highest BCUT2D eigenvalue weighted by molar-refractivity contribution is 5.03. The van der Waals surface area contributed by atoms with Crippen LogP contribution in [0.25, 0.3) is 0 Å². The van der Waals surface area contributed by atoms with Gasteiger partial charge >= 0.3 is 0 Å². The van der Waals surface area contributed by atoms with Gasteiger partial charge in [-0.25, -0.2) is 0 Å². The Morgan fingerprint density at radius 1 is 1.29 bits per heavy atom. The molecule has 2 heterocycles. The average Bonchev–Trinajstić information content (AvgIpc) is 2.83. The van der Waals surface area contributed by atoms with Gasteiger partial charge in [0.25, 0.3) is 0 Å². The summed E-state index contributed by atoms with van der Waals surface area (Å²) >= 11 is 0. The molecule has 1 N–H and O–H groups in total. The largest absolute Gasteiger partial charge is 0.302 e. The quantitative estimate of drug-likeness (QED) is 0.781. The average molecular weight is 292 g/mol. The van der Waals surface area contributed by atoms with Crippen LogP contribution in [0, 0.1) is 11.3 Å². The summed E-state index contributed by atoms with van der Waals surface area (Å²) < 4.78 is 0. The molecule has 0 bridgehead atoms. The van der Waals surface area contributed by atoms with E-state index in [-0.39, 0.29) is 5.54 Å². The van der Waals surface area contributed by atoms with E-state index in [4.69, 9.17) is 0 Å². The van der Waals surface area contributed by atoms with E-state index in [0.29, 0.717) is 0 Å². The number of hydrogen-bond donors (Lipinski definition) is 1. The molecule has 4 nitrogen and oxygen atoms in total. The molecule has 0 aromatic carbocycles. The third-order valence-corrected chi connectivity index (χ3v) is 5.05. The number of fused-ring (bicyclic) bond motifs is 1. The molecule has 0 aromatic heterocycles. The van der Waals surface area contributed by atoms with Crippen molar-refractivity contribution in [1.29, 1.82) is 5.26 Å².